The molecule has 2 aromatic rings. The van der Waals surface area contributed by atoms with Crippen molar-refractivity contribution in [3.8, 4) is 0 Å². The molecule has 2 fully saturated rings. The van der Waals surface area contributed by atoms with Gasteiger partial charge in [0.15, 0.2) is 5.96 Å². The Labute approximate surface area is 583 Å². The van der Waals surface area contributed by atoms with Crippen molar-refractivity contribution in [3.05, 3.63) is 71.8 Å². The number of aliphatic imine (C=N–C) groups is 1. The van der Waals surface area contributed by atoms with Crippen LogP contribution in [0.2, 0.25) is 0 Å². The predicted octanol–water partition coefficient (Wildman–Crippen LogP) is -2.30. The van der Waals surface area contributed by atoms with Gasteiger partial charge in [0.25, 0.3) is 0 Å². The van der Waals surface area contributed by atoms with E-state index in [2.05, 4.69) is 47.5 Å². The molecule has 548 valence electrons. The topological polar surface area (TPSA) is 519 Å². The Kier molecular flexibility index (Phi) is 35.7. The number of primary amides is 3. The summed E-state index contributed by atoms with van der Waals surface area (Å²) in [5, 5.41) is 21.7. The number of unbranched alkanes of at least 4 members (excludes halogenated alkanes) is 1. The van der Waals surface area contributed by atoms with Crippen molar-refractivity contribution in [2.45, 2.75) is 210 Å². The molecule has 0 unspecified atom stereocenters. The lowest BCUT2D eigenvalue weighted by atomic mass is 9.98. The average molecular weight is 1400 g/mol. The maximum Gasteiger partial charge on any atom is 0.245 e. The van der Waals surface area contributed by atoms with Crippen molar-refractivity contribution >= 4 is 94.5 Å². The Morgan fingerprint density at radius 1 is 0.485 bits per heavy atom. The van der Waals surface area contributed by atoms with E-state index in [0.29, 0.717) is 55.4 Å². The summed E-state index contributed by atoms with van der Waals surface area (Å²) in [6, 6.07) is 3.29. The van der Waals surface area contributed by atoms with Crippen LogP contribution in [-0.4, -0.2) is 197 Å². The molecule has 2 heterocycles. The van der Waals surface area contributed by atoms with Crippen LogP contribution in [0.5, 0.6) is 0 Å². The van der Waals surface area contributed by atoms with Crippen LogP contribution in [0.3, 0.4) is 0 Å². The van der Waals surface area contributed by atoms with Crippen LogP contribution in [0, 0.1) is 11.8 Å². The Morgan fingerprint density at radius 3 is 1.31 bits per heavy atom. The third kappa shape index (κ3) is 28.8. The summed E-state index contributed by atoms with van der Waals surface area (Å²) in [7, 11) is 0. The van der Waals surface area contributed by atoms with E-state index in [1.54, 1.807) is 60.7 Å². The van der Waals surface area contributed by atoms with Crippen LogP contribution in [0.15, 0.2) is 65.7 Å². The van der Waals surface area contributed by atoms with Crippen LogP contribution in [-0.2, 0) is 75.2 Å². The monoisotopic (exact) mass is 1400 g/mol. The van der Waals surface area contributed by atoms with Gasteiger partial charge in [0.1, 0.15) is 60.4 Å². The lowest BCUT2D eigenvalue weighted by Gasteiger charge is -2.32. The molecule has 0 aromatic heterocycles. The van der Waals surface area contributed by atoms with Gasteiger partial charge in [-0.05, 0) is 131 Å². The van der Waals surface area contributed by atoms with E-state index >= 15 is 0 Å². The third-order valence-corrected chi connectivity index (χ3v) is 17.6. The Bertz CT molecular complexity index is 3070. The minimum absolute atomic E-state index is 0.0723. The van der Waals surface area contributed by atoms with E-state index in [1.165, 1.54) is 21.6 Å². The second-order valence-corrected chi connectivity index (χ2v) is 27.0. The van der Waals surface area contributed by atoms with Crippen LogP contribution in [0.4, 0.5) is 0 Å². The van der Waals surface area contributed by atoms with Gasteiger partial charge >= 0.3 is 0 Å². The fraction of sp³-hybridized carbons (Fsp3) is 0.612. The van der Waals surface area contributed by atoms with Gasteiger partial charge in [0, 0.05) is 45.3 Å². The highest BCUT2D eigenvalue weighted by atomic mass is 32.2. The molecule has 13 amide bonds. The number of rotatable bonds is 44. The number of thioether (sulfide) groups is 1. The highest BCUT2D eigenvalue weighted by Crippen LogP contribution is 2.24. The number of hydrogen-bond acceptors (Lipinski definition) is 17. The van der Waals surface area contributed by atoms with Crippen LogP contribution in [0.1, 0.15) is 142 Å². The molecule has 11 atom stereocenters. The van der Waals surface area contributed by atoms with Crippen molar-refractivity contribution in [1.82, 2.24) is 52.3 Å². The molecule has 2 aliphatic rings. The quantitative estimate of drug-likeness (QED) is 0.0189. The van der Waals surface area contributed by atoms with Crippen LogP contribution in [0.25, 0.3) is 0 Å². The summed E-state index contributed by atoms with van der Waals surface area (Å²) in [6.07, 6.45) is 3.18. The number of amides is 13. The van der Waals surface area contributed by atoms with Gasteiger partial charge in [-0.25, -0.2) is 0 Å². The van der Waals surface area contributed by atoms with E-state index in [0.717, 1.165) is 0 Å². The zero-order valence-electron chi connectivity index (χ0n) is 57.6. The van der Waals surface area contributed by atoms with Gasteiger partial charge in [-0.2, -0.15) is 11.8 Å². The summed E-state index contributed by atoms with van der Waals surface area (Å²) in [5.41, 5.74) is 40.8. The zero-order valence-corrected chi connectivity index (χ0v) is 58.5. The third-order valence-electron chi connectivity index (χ3n) is 16.9. The first-order valence-corrected chi connectivity index (χ1v) is 35.4. The summed E-state index contributed by atoms with van der Waals surface area (Å²) >= 11 is 1.46. The first kappa shape index (κ1) is 82.5. The van der Waals surface area contributed by atoms with Crippen molar-refractivity contribution in [2.24, 2.45) is 57.0 Å². The smallest absolute Gasteiger partial charge is 0.245 e. The fourth-order valence-electron chi connectivity index (χ4n) is 11.7. The molecule has 0 bridgehead atoms. The molecule has 0 spiro atoms. The summed E-state index contributed by atoms with van der Waals surface area (Å²) in [5.74, 6) is -9.91. The lowest BCUT2D eigenvalue weighted by molar-refractivity contribution is -0.144. The number of hydrogen-bond donors (Lipinski definition) is 15. The van der Waals surface area contributed by atoms with Gasteiger partial charge in [0.05, 0.1) is 6.04 Å². The molecular formula is C67H106N18O13S. The largest absolute Gasteiger partial charge is 0.370 e. The maximum atomic E-state index is 14.9. The van der Waals surface area contributed by atoms with E-state index in [-0.39, 0.29) is 95.3 Å². The number of guanidine groups is 1. The van der Waals surface area contributed by atoms with Gasteiger partial charge < -0.3 is 92.5 Å². The number of likely N-dealkylation sites (tertiary alicyclic amines) is 2. The maximum absolute atomic E-state index is 14.9. The molecule has 22 N–H and O–H groups in total. The van der Waals surface area contributed by atoms with Crippen molar-refractivity contribution in [1.29, 1.82) is 0 Å². The number of carbonyl (C=O) groups excluding carboxylic acids is 13. The molecule has 2 saturated heterocycles. The van der Waals surface area contributed by atoms with Gasteiger partial charge in [0.2, 0.25) is 76.8 Å². The molecule has 0 radical (unpaired) electrons. The number of nitrogens with one attached hydrogen (secondary N) is 8. The van der Waals surface area contributed by atoms with E-state index in [9.17, 15) is 62.3 Å². The molecular weight excluding hydrogens is 1300 g/mol. The minimum atomic E-state index is -1.65. The van der Waals surface area contributed by atoms with E-state index in [1.807, 2.05) is 34.0 Å². The Balaban J connectivity index is 1.62. The molecule has 0 saturated carbocycles. The normalized spacial score (nSPS) is 17.0. The molecule has 4 rings (SSSR count). The lowest BCUT2D eigenvalue weighted by Crippen LogP contribution is -2.61. The minimum Gasteiger partial charge on any atom is -0.370 e. The molecule has 32 heteroatoms. The fourth-order valence-corrected chi connectivity index (χ4v) is 12.2. The van der Waals surface area contributed by atoms with E-state index < -0.39 is 169 Å². The molecule has 2 aliphatic heterocycles. The van der Waals surface area contributed by atoms with Crippen molar-refractivity contribution in [3.63, 3.8) is 0 Å². The molecule has 0 aliphatic carbocycles. The number of nitrogens with zero attached hydrogens (tertiary/aromatic N) is 3. The van der Waals surface area contributed by atoms with Crippen LogP contribution < -0.4 is 82.7 Å². The molecule has 2 aromatic carbocycles. The van der Waals surface area contributed by atoms with E-state index in [4.69, 9.17) is 40.1 Å². The Morgan fingerprint density at radius 2 is 0.889 bits per heavy atom. The van der Waals surface area contributed by atoms with Crippen molar-refractivity contribution < 1.29 is 62.3 Å². The SMILES string of the molecule is CSCC[C@H](NC(=O)[C@H](CC(C)C)NC(=O)[C@@H](CC(C)C)NC(=O)[C@H](Cc1ccccc1)NC(=O)[C@H](Cc1ccccc1)NC(=O)[C@H](CCC(N)=O)NC(=O)[C@H](CCC(N)=O)NC(=O)[C@@H]1CCCN1C(=O)[C@H](CCCCN)NC(=O)[C@@H]1CCCN1C(=O)[C@@H](N)CCCN=C(N)N)C(N)=O. The van der Waals surface area contributed by atoms with Gasteiger partial charge in [-0.15, -0.1) is 0 Å². The second kappa shape index (κ2) is 42.8. The summed E-state index contributed by atoms with van der Waals surface area (Å²) < 4.78 is 0. The van der Waals surface area contributed by atoms with Gasteiger partial charge in [-0.1, -0.05) is 88.4 Å². The summed E-state index contributed by atoms with van der Waals surface area (Å²) in [6.45, 7) is 8.20. The highest BCUT2D eigenvalue weighted by molar-refractivity contribution is 7.98. The molecule has 99 heavy (non-hydrogen) atoms. The number of nitrogens with two attached hydrogens (primary N) is 7. The predicted molar refractivity (Wildman–Crippen MR) is 374 cm³/mol. The second-order valence-electron chi connectivity index (χ2n) is 26.0. The number of benzene rings is 2. The Hall–Kier alpha value is -8.91. The average Bonchev–Trinajstić information content (AvgIpc) is 1.73. The standard InChI is InChI=1S/C67H106N18O13S/c1-39(2)35-48(59(91)76-44(56(72)88)29-34-99-5)80-60(92)49(36-40(3)4)81-61(93)51(38-42-19-10-7-11-20-42)83-62(94)50(37-41-17-8-6-9-18-41)82-58(90)45(25-27-54(70)86)77-57(89)46(26-28-55(71)87)78-63(95)53-24-16-33-85(53)66(98)47(22-12-13-30-68)79-64(96)52-23-15-32-84(52)65(97)43(69)21-14-31-75-67(73)74/h6-11,17-20,39-40,43-53H,12-16,21-38,68-69H2,1-5H3,(H2,70,86)(H2,71,87)(H2,72,88)(H,76,91)(H,77,89)(H,78,95)(H,79,96)(H,80,92)(H,81,93)(H,82,90)(H,83,94)(H4,73,74,75)/t43-,44-,45-,46-,47-,48-,49+,50-,51-,52-,53-/m0/s1. The summed E-state index contributed by atoms with van der Waals surface area (Å²) in [4.78, 5) is 188. The van der Waals surface area contributed by atoms with Crippen molar-refractivity contribution in [2.75, 3.05) is 38.2 Å². The zero-order chi connectivity index (χ0) is 73.3. The highest BCUT2D eigenvalue weighted by Gasteiger charge is 2.43. The molecule has 31 nitrogen and oxygen atoms in total. The first-order valence-electron chi connectivity index (χ1n) is 34.0. The van der Waals surface area contributed by atoms with Gasteiger partial charge in [-0.3, -0.25) is 67.3 Å². The first-order chi connectivity index (χ1) is 47.0. The number of carbonyl (C=O) groups is 13. The van der Waals surface area contributed by atoms with Crippen LogP contribution >= 0.6 is 11.8 Å².